The standard InChI is InChI=1S/C26H58O4Si2/c1-15-19-31(27-23(3,4)5,28-24(6,7)8)21-17-18-22-32(20-16-2,29-25(9,10)11)30-26(12,13)14/h15-22H2,1-14H3. The highest BCUT2D eigenvalue weighted by molar-refractivity contribution is 6.68. The van der Waals surface area contributed by atoms with Gasteiger partial charge in [-0.3, -0.25) is 0 Å². The second-order valence-electron chi connectivity index (χ2n) is 13.4. The third-order valence-corrected chi connectivity index (χ3v) is 13.3. The predicted octanol–water partition coefficient (Wildman–Crippen LogP) is 8.73. The van der Waals surface area contributed by atoms with Crippen molar-refractivity contribution < 1.29 is 17.7 Å². The zero-order valence-electron chi connectivity index (χ0n) is 24.3. The normalized spacial score (nSPS) is 14.8. The van der Waals surface area contributed by atoms with Crippen LogP contribution in [-0.2, 0) is 17.7 Å². The SMILES string of the molecule is CCC[Si](CCCC[Si](CCC)(OC(C)(C)C)OC(C)(C)C)(OC(C)(C)C)OC(C)(C)C. The van der Waals surface area contributed by atoms with Crippen molar-refractivity contribution in [3.8, 4) is 0 Å². The first-order valence-corrected chi connectivity index (χ1v) is 17.4. The quantitative estimate of drug-likeness (QED) is 0.191. The Morgan fingerprint density at radius 3 is 0.781 bits per heavy atom. The minimum atomic E-state index is -2.34. The molecular formula is C26H58O4Si2. The van der Waals surface area contributed by atoms with Crippen molar-refractivity contribution in [1.29, 1.82) is 0 Å². The van der Waals surface area contributed by atoms with E-state index in [9.17, 15) is 0 Å². The van der Waals surface area contributed by atoms with Gasteiger partial charge in [-0.2, -0.15) is 0 Å². The Hall–Kier alpha value is 0.274. The van der Waals surface area contributed by atoms with Crippen LogP contribution in [0.1, 0.15) is 123 Å². The monoisotopic (exact) mass is 490 g/mol. The molecule has 0 rings (SSSR count). The first-order chi connectivity index (χ1) is 14.2. The molecular weight excluding hydrogens is 432 g/mol. The topological polar surface area (TPSA) is 36.9 Å². The number of unbranched alkanes of at least 4 members (excludes halogenated alkanes) is 1. The van der Waals surface area contributed by atoms with Crippen LogP contribution < -0.4 is 0 Å². The molecule has 0 saturated heterocycles. The minimum absolute atomic E-state index is 0.196. The van der Waals surface area contributed by atoms with Gasteiger partial charge in [0, 0.05) is 0 Å². The fourth-order valence-electron chi connectivity index (χ4n) is 4.48. The van der Waals surface area contributed by atoms with Crippen molar-refractivity contribution in [1.82, 2.24) is 0 Å². The molecule has 0 aliphatic heterocycles. The fraction of sp³-hybridized carbons (Fsp3) is 1.00. The molecule has 0 atom stereocenters. The van der Waals surface area contributed by atoms with Gasteiger partial charge in [0.2, 0.25) is 0 Å². The van der Waals surface area contributed by atoms with Gasteiger partial charge in [0.05, 0.1) is 22.4 Å². The van der Waals surface area contributed by atoms with Crippen LogP contribution in [0.5, 0.6) is 0 Å². The maximum atomic E-state index is 6.75. The molecule has 0 aromatic carbocycles. The zero-order valence-corrected chi connectivity index (χ0v) is 26.3. The summed E-state index contributed by atoms with van der Waals surface area (Å²) in [6, 6.07) is 4.13. The Labute approximate surface area is 204 Å². The first-order valence-electron chi connectivity index (χ1n) is 13.0. The van der Waals surface area contributed by atoms with Crippen LogP contribution in [-0.4, -0.2) is 39.5 Å². The van der Waals surface area contributed by atoms with E-state index < -0.39 is 17.1 Å². The Bertz CT molecular complexity index is 442. The van der Waals surface area contributed by atoms with Crippen LogP contribution in [0.15, 0.2) is 0 Å². The summed E-state index contributed by atoms with van der Waals surface area (Å²) in [6.45, 7) is 30.4. The Kier molecular flexibility index (Phi) is 12.4. The molecule has 0 saturated carbocycles. The van der Waals surface area contributed by atoms with E-state index >= 15 is 0 Å². The second-order valence-corrected chi connectivity index (χ2v) is 19.8. The van der Waals surface area contributed by atoms with E-state index in [1.54, 1.807) is 0 Å². The van der Waals surface area contributed by atoms with Crippen LogP contribution in [0.3, 0.4) is 0 Å². The van der Waals surface area contributed by atoms with E-state index in [2.05, 4.69) is 96.9 Å². The van der Waals surface area contributed by atoms with Crippen LogP contribution in [0.25, 0.3) is 0 Å². The maximum Gasteiger partial charge on any atom is 0.338 e. The lowest BCUT2D eigenvalue weighted by Crippen LogP contribution is -2.52. The third-order valence-electron chi connectivity index (χ3n) is 4.60. The third kappa shape index (κ3) is 15.2. The molecule has 0 radical (unpaired) electrons. The van der Waals surface area contributed by atoms with Gasteiger partial charge in [-0.05, 0) is 107 Å². The summed E-state index contributed by atoms with van der Waals surface area (Å²) in [7, 11) is -4.68. The first kappa shape index (κ1) is 32.3. The summed E-state index contributed by atoms with van der Waals surface area (Å²) in [5.41, 5.74) is -0.786. The summed E-state index contributed by atoms with van der Waals surface area (Å²) in [5, 5.41) is 0. The van der Waals surface area contributed by atoms with Crippen LogP contribution in [0.2, 0.25) is 24.2 Å². The molecule has 0 aromatic heterocycles. The fourth-order valence-corrected chi connectivity index (χ4v) is 13.4. The second kappa shape index (κ2) is 12.3. The summed E-state index contributed by atoms with van der Waals surface area (Å²) < 4.78 is 27.0. The van der Waals surface area contributed by atoms with Crippen LogP contribution >= 0.6 is 0 Å². The van der Waals surface area contributed by atoms with Crippen molar-refractivity contribution >= 4 is 17.1 Å². The molecule has 0 aliphatic rings. The van der Waals surface area contributed by atoms with E-state index in [4.69, 9.17) is 17.7 Å². The maximum absolute atomic E-state index is 6.75. The zero-order chi connectivity index (χ0) is 25.5. The highest BCUT2D eigenvalue weighted by Gasteiger charge is 2.45. The Morgan fingerprint density at radius 2 is 0.625 bits per heavy atom. The lowest BCUT2D eigenvalue weighted by molar-refractivity contribution is 0.0103. The minimum Gasteiger partial charge on any atom is -0.389 e. The van der Waals surface area contributed by atoms with E-state index in [0.29, 0.717) is 0 Å². The summed E-state index contributed by atoms with van der Waals surface area (Å²) in [5.74, 6) is 0. The average Bonchev–Trinajstić information content (AvgIpc) is 2.45. The highest BCUT2D eigenvalue weighted by atomic mass is 28.4. The molecule has 6 heteroatoms. The predicted molar refractivity (Wildman–Crippen MR) is 144 cm³/mol. The van der Waals surface area contributed by atoms with Gasteiger partial charge >= 0.3 is 17.1 Å². The molecule has 0 heterocycles. The molecule has 0 bridgehead atoms. The van der Waals surface area contributed by atoms with Gasteiger partial charge in [0.1, 0.15) is 0 Å². The van der Waals surface area contributed by atoms with Gasteiger partial charge in [-0.1, -0.05) is 39.5 Å². The van der Waals surface area contributed by atoms with Gasteiger partial charge in [-0.15, -0.1) is 0 Å². The molecule has 0 aliphatic carbocycles. The molecule has 0 aromatic rings. The summed E-state index contributed by atoms with van der Waals surface area (Å²) >= 11 is 0. The van der Waals surface area contributed by atoms with Crippen molar-refractivity contribution in [3.63, 3.8) is 0 Å². The summed E-state index contributed by atoms with van der Waals surface area (Å²) in [6.07, 6.45) is 4.37. The van der Waals surface area contributed by atoms with Crippen LogP contribution in [0, 0.1) is 0 Å². The lowest BCUT2D eigenvalue weighted by Gasteiger charge is -2.42. The highest BCUT2D eigenvalue weighted by Crippen LogP contribution is 2.36. The number of rotatable bonds is 13. The van der Waals surface area contributed by atoms with Crippen LogP contribution in [0.4, 0.5) is 0 Å². The molecule has 0 unspecified atom stereocenters. The molecule has 4 nitrogen and oxygen atoms in total. The van der Waals surface area contributed by atoms with Crippen molar-refractivity contribution in [2.24, 2.45) is 0 Å². The molecule has 0 spiro atoms. The van der Waals surface area contributed by atoms with E-state index in [0.717, 1.165) is 49.9 Å². The largest absolute Gasteiger partial charge is 0.389 e. The van der Waals surface area contributed by atoms with Gasteiger partial charge in [0.25, 0.3) is 0 Å². The molecule has 0 N–H and O–H groups in total. The molecule has 0 amide bonds. The van der Waals surface area contributed by atoms with Gasteiger partial charge < -0.3 is 17.7 Å². The van der Waals surface area contributed by atoms with Crippen molar-refractivity contribution in [2.45, 2.75) is 169 Å². The van der Waals surface area contributed by atoms with E-state index in [1.165, 1.54) is 0 Å². The lowest BCUT2D eigenvalue weighted by atomic mass is 10.2. The molecule has 32 heavy (non-hydrogen) atoms. The van der Waals surface area contributed by atoms with Crippen molar-refractivity contribution in [2.75, 3.05) is 0 Å². The van der Waals surface area contributed by atoms with E-state index in [1.807, 2.05) is 0 Å². The number of hydrogen-bond acceptors (Lipinski definition) is 4. The molecule has 194 valence electrons. The Balaban J connectivity index is 5.58. The van der Waals surface area contributed by atoms with Crippen molar-refractivity contribution in [3.05, 3.63) is 0 Å². The summed E-state index contributed by atoms with van der Waals surface area (Å²) in [4.78, 5) is 0. The van der Waals surface area contributed by atoms with Gasteiger partial charge in [-0.25, -0.2) is 0 Å². The average molecular weight is 491 g/mol. The molecule has 0 fully saturated rings. The Morgan fingerprint density at radius 1 is 0.406 bits per heavy atom. The van der Waals surface area contributed by atoms with Gasteiger partial charge in [0.15, 0.2) is 0 Å². The van der Waals surface area contributed by atoms with E-state index in [-0.39, 0.29) is 22.4 Å². The number of hydrogen-bond donors (Lipinski definition) is 0. The smallest absolute Gasteiger partial charge is 0.338 e.